The van der Waals surface area contributed by atoms with Crippen LogP contribution in [-0.4, -0.2) is 14.8 Å². The molecule has 0 aliphatic carbocycles. The van der Waals surface area contributed by atoms with Gasteiger partial charge >= 0.3 is 0 Å². The average Bonchev–Trinajstić information content (AvgIpc) is 2.85. The maximum atomic E-state index is 4.02. The van der Waals surface area contributed by atoms with E-state index >= 15 is 0 Å². The Labute approximate surface area is 93.0 Å². The lowest BCUT2D eigenvalue weighted by Crippen LogP contribution is -2.19. The number of aromatic nitrogens is 3. The molecule has 0 saturated carbocycles. The van der Waals surface area contributed by atoms with Crippen molar-refractivity contribution in [3.8, 4) is 0 Å². The zero-order valence-corrected chi connectivity index (χ0v) is 9.66. The molecular formula is C10H14N4S. The number of rotatable bonds is 4. The summed E-state index contributed by atoms with van der Waals surface area (Å²) >= 11 is 1.77. The van der Waals surface area contributed by atoms with Gasteiger partial charge in [-0.3, -0.25) is 0 Å². The summed E-state index contributed by atoms with van der Waals surface area (Å²) in [4.78, 5) is 1.34. The number of aryl methyl sites for hydroxylation is 1. The van der Waals surface area contributed by atoms with Gasteiger partial charge in [-0.2, -0.15) is 0 Å². The highest BCUT2D eigenvalue weighted by atomic mass is 32.1. The molecule has 80 valence electrons. The summed E-state index contributed by atoms with van der Waals surface area (Å²) in [6.07, 6.45) is 1.72. The minimum atomic E-state index is 0.363. The van der Waals surface area contributed by atoms with E-state index in [9.17, 15) is 0 Å². The third-order valence-corrected chi connectivity index (χ3v) is 3.40. The van der Waals surface area contributed by atoms with Crippen molar-refractivity contribution in [2.75, 3.05) is 0 Å². The van der Waals surface area contributed by atoms with Crippen LogP contribution in [-0.2, 0) is 13.6 Å². The zero-order valence-electron chi connectivity index (χ0n) is 8.84. The molecule has 1 atom stereocenters. The summed E-state index contributed by atoms with van der Waals surface area (Å²) in [5.74, 6) is 0.957. The maximum Gasteiger partial charge on any atom is 0.146 e. The Morgan fingerprint density at radius 3 is 3.07 bits per heavy atom. The molecule has 5 heteroatoms. The lowest BCUT2D eigenvalue weighted by Gasteiger charge is -2.11. The van der Waals surface area contributed by atoms with Crippen LogP contribution in [0.3, 0.4) is 0 Å². The second-order valence-corrected chi connectivity index (χ2v) is 4.46. The van der Waals surface area contributed by atoms with E-state index in [2.05, 4.69) is 40.0 Å². The monoisotopic (exact) mass is 222 g/mol. The molecule has 0 saturated heterocycles. The topological polar surface area (TPSA) is 42.7 Å². The van der Waals surface area contributed by atoms with E-state index in [0.29, 0.717) is 6.04 Å². The molecular weight excluding hydrogens is 208 g/mol. The number of nitrogens with zero attached hydrogens (tertiary/aromatic N) is 3. The van der Waals surface area contributed by atoms with Gasteiger partial charge in [-0.15, -0.1) is 21.5 Å². The minimum absolute atomic E-state index is 0.363. The van der Waals surface area contributed by atoms with E-state index < -0.39 is 0 Å². The normalized spacial score (nSPS) is 12.9. The summed E-state index contributed by atoms with van der Waals surface area (Å²) in [7, 11) is 1.95. The number of hydrogen-bond donors (Lipinski definition) is 1. The quantitative estimate of drug-likeness (QED) is 0.856. The van der Waals surface area contributed by atoms with Gasteiger partial charge in [0.15, 0.2) is 0 Å². The number of thiophene rings is 1. The summed E-state index contributed by atoms with van der Waals surface area (Å²) in [6, 6.07) is 4.57. The molecule has 1 N–H and O–H groups in total. The lowest BCUT2D eigenvalue weighted by atomic mass is 10.3. The Kier molecular flexibility index (Phi) is 3.13. The highest BCUT2D eigenvalue weighted by Crippen LogP contribution is 2.18. The van der Waals surface area contributed by atoms with Crippen LogP contribution < -0.4 is 5.32 Å². The van der Waals surface area contributed by atoms with Crippen LogP contribution >= 0.6 is 11.3 Å². The van der Waals surface area contributed by atoms with Crippen molar-refractivity contribution in [2.45, 2.75) is 19.5 Å². The molecule has 0 radical (unpaired) electrons. The highest BCUT2D eigenvalue weighted by molar-refractivity contribution is 7.10. The molecule has 2 aromatic rings. The van der Waals surface area contributed by atoms with Crippen LogP contribution in [0.1, 0.15) is 23.7 Å². The van der Waals surface area contributed by atoms with Gasteiger partial charge in [0.1, 0.15) is 12.2 Å². The molecule has 0 aromatic carbocycles. The largest absolute Gasteiger partial charge is 0.320 e. The van der Waals surface area contributed by atoms with E-state index in [-0.39, 0.29) is 0 Å². The molecule has 4 nitrogen and oxygen atoms in total. The standard InChI is InChI=1S/C10H14N4S/c1-8(9-4-3-5-15-9)11-6-10-13-12-7-14(10)2/h3-5,7-8,11H,6H2,1-2H3/t8-/m0/s1. The first-order valence-corrected chi connectivity index (χ1v) is 5.75. The summed E-state index contributed by atoms with van der Waals surface area (Å²) < 4.78 is 1.92. The third kappa shape index (κ3) is 2.43. The van der Waals surface area contributed by atoms with Crippen molar-refractivity contribution in [2.24, 2.45) is 7.05 Å². The van der Waals surface area contributed by atoms with Crippen LogP contribution in [0.2, 0.25) is 0 Å². The Hall–Kier alpha value is -1.20. The minimum Gasteiger partial charge on any atom is -0.320 e. The van der Waals surface area contributed by atoms with Gasteiger partial charge in [-0.25, -0.2) is 0 Å². The molecule has 0 spiro atoms. The number of nitrogens with one attached hydrogen (secondary N) is 1. The van der Waals surface area contributed by atoms with E-state index in [0.717, 1.165) is 12.4 Å². The fraction of sp³-hybridized carbons (Fsp3) is 0.400. The lowest BCUT2D eigenvalue weighted by molar-refractivity contribution is 0.555. The summed E-state index contributed by atoms with van der Waals surface area (Å²) in [5.41, 5.74) is 0. The Bertz CT molecular complexity index is 407. The first-order chi connectivity index (χ1) is 7.27. The van der Waals surface area contributed by atoms with Gasteiger partial charge in [-0.1, -0.05) is 6.07 Å². The molecule has 2 rings (SSSR count). The molecule has 2 aromatic heterocycles. The maximum absolute atomic E-state index is 4.02. The SMILES string of the molecule is C[C@H](NCc1nncn1C)c1cccs1. The van der Waals surface area contributed by atoms with Gasteiger partial charge in [0.05, 0.1) is 6.54 Å². The van der Waals surface area contributed by atoms with Crippen molar-refractivity contribution >= 4 is 11.3 Å². The van der Waals surface area contributed by atoms with Gasteiger partial charge < -0.3 is 9.88 Å². The second-order valence-electron chi connectivity index (χ2n) is 3.48. The van der Waals surface area contributed by atoms with Gasteiger partial charge in [0.25, 0.3) is 0 Å². The van der Waals surface area contributed by atoms with Crippen molar-refractivity contribution in [3.63, 3.8) is 0 Å². The van der Waals surface area contributed by atoms with Gasteiger partial charge in [0, 0.05) is 18.0 Å². The van der Waals surface area contributed by atoms with Crippen molar-refractivity contribution in [3.05, 3.63) is 34.5 Å². The van der Waals surface area contributed by atoms with E-state index in [1.807, 2.05) is 11.6 Å². The molecule has 0 bridgehead atoms. The Morgan fingerprint density at radius 2 is 2.47 bits per heavy atom. The smallest absolute Gasteiger partial charge is 0.146 e. The fourth-order valence-corrected chi connectivity index (χ4v) is 2.11. The fourth-order valence-electron chi connectivity index (χ4n) is 1.35. The van der Waals surface area contributed by atoms with E-state index in [1.54, 1.807) is 17.7 Å². The van der Waals surface area contributed by atoms with Crippen LogP contribution in [0.25, 0.3) is 0 Å². The van der Waals surface area contributed by atoms with Crippen LogP contribution in [0.4, 0.5) is 0 Å². The van der Waals surface area contributed by atoms with Crippen LogP contribution in [0.5, 0.6) is 0 Å². The Morgan fingerprint density at radius 1 is 1.60 bits per heavy atom. The molecule has 0 fully saturated rings. The molecule has 0 unspecified atom stereocenters. The summed E-state index contributed by atoms with van der Waals surface area (Å²) in [6.45, 7) is 2.90. The molecule has 0 aliphatic heterocycles. The Balaban J connectivity index is 1.91. The third-order valence-electron chi connectivity index (χ3n) is 2.34. The van der Waals surface area contributed by atoms with Gasteiger partial charge in [0.2, 0.25) is 0 Å². The predicted octanol–water partition coefficient (Wildman–Crippen LogP) is 1.73. The summed E-state index contributed by atoms with van der Waals surface area (Å²) in [5, 5.41) is 13.4. The predicted molar refractivity (Wildman–Crippen MR) is 60.6 cm³/mol. The second kappa shape index (κ2) is 4.55. The van der Waals surface area contributed by atoms with Gasteiger partial charge in [-0.05, 0) is 18.4 Å². The van der Waals surface area contributed by atoms with Crippen LogP contribution in [0.15, 0.2) is 23.8 Å². The average molecular weight is 222 g/mol. The molecule has 0 amide bonds. The molecule has 0 aliphatic rings. The van der Waals surface area contributed by atoms with Crippen molar-refractivity contribution in [1.82, 2.24) is 20.1 Å². The van der Waals surface area contributed by atoms with E-state index in [4.69, 9.17) is 0 Å². The van der Waals surface area contributed by atoms with Crippen LogP contribution in [0, 0.1) is 0 Å². The first-order valence-electron chi connectivity index (χ1n) is 4.87. The van der Waals surface area contributed by atoms with E-state index in [1.165, 1.54) is 4.88 Å². The molecule has 2 heterocycles. The highest BCUT2D eigenvalue weighted by Gasteiger charge is 2.07. The molecule has 15 heavy (non-hydrogen) atoms. The number of hydrogen-bond acceptors (Lipinski definition) is 4. The van der Waals surface area contributed by atoms with Crippen molar-refractivity contribution in [1.29, 1.82) is 0 Å². The van der Waals surface area contributed by atoms with Crippen molar-refractivity contribution < 1.29 is 0 Å². The zero-order chi connectivity index (χ0) is 10.7. The first kappa shape index (κ1) is 10.3.